The number of amides is 1. The summed E-state index contributed by atoms with van der Waals surface area (Å²) in [5, 5.41) is 15.4. The Kier molecular flexibility index (Phi) is 9.88. The molecule has 1 aromatic heterocycles. The summed E-state index contributed by atoms with van der Waals surface area (Å²) < 4.78 is 46.6. The van der Waals surface area contributed by atoms with Crippen molar-refractivity contribution in [1.82, 2.24) is 25.5 Å². The number of benzene rings is 1. The first kappa shape index (κ1) is 31.9. The van der Waals surface area contributed by atoms with E-state index in [1.54, 1.807) is 6.07 Å². The lowest BCUT2D eigenvalue weighted by atomic mass is 9.97. The number of likely N-dealkylation sites (tertiary alicyclic amines) is 1. The molecule has 0 spiro atoms. The predicted molar refractivity (Wildman–Crippen MR) is 161 cm³/mol. The number of carbonyl (C=O) groups is 2. The summed E-state index contributed by atoms with van der Waals surface area (Å²) in [6.07, 6.45) is 3.56. The molecule has 14 heteroatoms. The quantitative estimate of drug-likeness (QED) is 0.355. The number of thioether (sulfide) groups is 1. The molecule has 3 aliphatic rings. The van der Waals surface area contributed by atoms with Crippen molar-refractivity contribution in [2.75, 3.05) is 38.2 Å². The number of carboxylic acid groups (broad SMARTS) is 1. The molecule has 2 saturated heterocycles. The Morgan fingerprint density at radius 1 is 1.14 bits per heavy atom. The highest BCUT2D eigenvalue weighted by Gasteiger charge is 2.36. The molecule has 2 unspecified atom stereocenters. The van der Waals surface area contributed by atoms with Gasteiger partial charge in [0.1, 0.15) is 17.3 Å². The SMILES string of the molecule is CCC1CCCCN1CC1=C(c2ccc(OC)c(C(F)(F)F)c2)NC(NC(=O)c2cnc(N3CCC(C(=O)O)CC3)cn2)S1. The highest BCUT2D eigenvalue weighted by molar-refractivity contribution is 8.04. The average Bonchev–Trinajstić information content (AvgIpc) is 3.42. The van der Waals surface area contributed by atoms with Crippen molar-refractivity contribution in [2.24, 2.45) is 5.92 Å². The van der Waals surface area contributed by atoms with Crippen LogP contribution in [0.2, 0.25) is 0 Å². The minimum absolute atomic E-state index is 0.0949. The molecule has 0 radical (unpaired) electrons. The fourth-order valence-electron chi connectivity index (χ4n) is 6.02. The number of aliphatic carboxylic acids is 1. The molecule has 2 fully saturated rings. The number of halogens is 3. The van der Waals surface area contributed by atoms with Crippen molar-refractivity contribution in [3.05, 3.63) is 52.3 Å². The molecule has 5 rings (SSSR count). The molecule has 3 N–H and O–H groups in total. The summed E-state index contributed by atoms with van der Waals surface area (Å²) in [5.41, 5.74) is -0.503. The number of nitrogens with zero attached hydrogens (tertiary/aromatic N) is 4. The molecule has 10 nitrogen and oxygen atoms in total. The van der Waals surface area contributed by atoms with E-state index in [1.807, 2.05) is 4.90 Å². The molecule has 44 heavy (non-hydrogen) atoms. The lowest BCUT2D eigenvalue weighted by molar-refractivity contribution is -0.142. The van der Waals surface area contributed by atoms with Gasteiger partial charge in [0, 0.05) is 30.6 Å². The number of nitrogens with one attached hydrogen (secondary N) is 2. The largest absolute Gasteiger partial charge is 0.496 e. The second kappa shape index (κ2) is 13.6. The third-order valence-electron chi connectivity index (χ3n) is 8.48. The molecule has 2 aromatic rings. The summed E-state index contributed by atoms with van der Waals surface area (Å²) in [7, 11) is 1.21. The molecule has 0 bridgehead atoms. The van der Waals surface area contributed by atoms with Crippen molar-refractivity contribution >= 4 is 35.2 Å². The maximum atomic E-state index is 13.9. The highest BCUT2D eigenvalue weighted by atomic mass is 32.2. The minimum atomic E-state index is -4.60. The van der Waals surface area contributed by atoms with Gasteiger partial charge in [0.15, 0.2) is 5.50 Å². The van der Waals surface area contributed by atoms with E-state index in [4.69, 9.17) is 4.74 Å². The van der Waals surface area contributed by atoms with Crippen molar-refractivity contribution in [3.63, 3.8) is 0 Å². The second-order valence-electron chi connectivity index (χ2n) is 11.2. The van der Waals surface area contributed by atoms with E-state index in [0.29, 0.717) is 55.6 Å². The van der Waals surface area contributed by atoms with Crippen LogP contribution in [0.15, 0.2) is 35.5 Å². The van der Waals surface area contributed by atoms with Crippen LogP contribution in [0.3, 0.4) is 0 Å². The number of carbonyl (C=O) groups excluding carboxylic acids is 1. The normalized spacial score (nSPS) is 21.7. The first-order chi connectivity index (χ1) is 21.1. The van der Waals surface area contributed by atoms with Crippen molar-refractivity contribution in [1.29, 1.82) is 0 Å². The standard InChI is InChI=1S/C30H37F3N6O4S/c1-3-20-6-4-5-11-39(20)17-24-26(19-7-8-23(43-2)21(14-19)30(31,32)33)36-29(44-24)37-27(40)22-15-35-25(16-34-22)38-12-9-18(10-13-38)28(41)42/h7-8,14-16,18,20,29,36H,3-6,9-13,17H2,1-2H3,(H,37,40)(H,41,42). The van der Waals surface area contributed by atoms with Crippen LogP contribution in [-0.4, -0.2) is 76.7 Å². The molecule has 0 saturated carbocycles. The number of carboxylic acids is 1. The fraction of sp³-hybridized carbons (Fsp3) is 0.533. The van der Waals surface area contributed by atoms with Gasteiger partial charge in [0.2, 0.25) is 0 Å². The Morgan fingerprint density at radius 3 is 2.55 bits per heavy atom. The number of rotatable bonds is 9. The van der Waals surface area contributed by atoms with Gasteiger partial charge in [-0.3, -0.25) is 14.5 Å². The van der Waals surface area contributed by atoms with Crippen molar-refractivity contribution < 1.29 is 32.6 Å². The average molecular weight is 635 g/mol. The van der Waals surface area contributed by atoms with Crippen LogP contribution in [0.25, 0.3) is 5.70 Å². The lowest BCUT2D eigenvalue weighted by Gasteiger charge is -2.35. The van der Waals surface area contributed by atoms with Gasteiger partial charge < -0.3 is 25.4 Å². The van der Waals surface area contributed by atoms with Gasteiger partial charge in [-0.05, 0) is 62.4 Å². The molecule has 1 amide bonds. The number of alkyl halides is 3. The van der Waals surface area contributed by atoms with Crippen molar-refractivity contribution in [3.8, 4) is 5.75 Å². The van der Waals surface area contributed by atoms with E-state index in [-0.39, 0.29) is 17.4 Å². The van der Waals surface area contributed by atoms with Gasteiger partial charge in [-0.15, -0.1) is 0 Å². The Hall–Kier alpha value is -3.52. The lowest BCUT2D eigenvalue weighted by Crippen LogP contribution is -2.40. The first-order valence-electron chi connectivity index (χ1n) is 14.8. The number of hydrogen-bond acceptors (Lipinski definition) is 9. The summed E-state index contributed by atoms with van der Waals surface area (Å²) in [5.74, 6) is -1.33. The van der Waals surface area contributed by atoms with E-state index in [2.05, 4.69) is 32.4 Å². The van der Waals surface area contributed by atoms with E-state index >= 15 is 0 Å². The monoisotopic (exact) mass is 634 g/mol. The van der Waals surface area contributed by atoms with Crippen LogP contribution in [0.5, 0.6) is 5.75 Å². The molecular formula is C30H37F3N6O4S. The van der Waals surface area contributed by atoms with Gasteiger partial charge in [-0.2, -0.15) is 13.2 Å². The first-order valence-corrected chi connectivity index (χ1v) is 15.7. The maximum Gasteiger partial charge on any atom is 0.419 e. The molecule has 4 heterocycles. The van der Waals surface area contributed by atoms with Crippen LogP contribution in [0, 0.1) is 5.92 Å². The highest BCUT2D eigenvalue weighted by Crippen LogP contribution is 2.41. The Bertz CT molecular complexity index is 1380. The number of ether oxygens (including phenoxy) is 1. The third kappa shape index (κ3) is 7.23. The van der Waals surface area contributed by atoms with E-state index in [1.165, 1.54) is 37.3 Å². The van der Waals surface area contributed by atoms with Crippen LogP contribution in [0.4, 0.5) is 19.0 Å². The van der Waals surface area contributed by atoms with Gasteiger partial charge in [0.05, 0.1) is 36.7 Å². The van der Waals surface area contributed by atoms with Crippen LogP contribution in [0.1, 0.15) is 67.1 Å². The van der Waals surface area contributed by atoms with Gasteiger partial charge in [-0.1, -0.05) is 25.1 Å². The van der Waals surface area contributed by atoms with Crippen LogP contribution in [-0.2, 0) is 11.0 Å². The topological polar surface area (TPSA) is 120 Å². The Balaban J connectivity index is 1.32. The fourth-order valence-corrected chi connectivity index (χ4v) is 7.18. The molecular weight excluding hydrogens is 597 g/mol. The molecule has 238 valence electrons. The number of piperidine rings is 2. The summed E-state index contributed by atoms with van der Waals surface area (Å²) in [6.45, 7) is 4.67. The second-order valence-corrected chi connectivity index (χ2v) is 12.4. The van der Waals surface area contributed by atoms with Crippen LogP contribution >= 0.6 is 11.8 Å². The molecule has 0 aliphatic carbocycles. The molecule has 2 atom stereocenters. The summed E-state index contributed by atoms with van der Waals surface area (Å²) >= 11 is 1.37. The Labute approximate surface area is 258 Å². The predicted octanol–water partition coefficient (Wildman–Crippen LogP) is 4.79. The number of aromatic nitrogens is 2. The number of anilines is 1. The number of methoxy groups -OCH3 is 1. The smallest absolute Gasteiger partial charge is 0.419 e. The van der Waals surface area contributed by atoms with Crippen LogP contribution < -0.4 is 20.3 Å². The molecule has 3 aliphatic heterocycles. The van der Waals surface area contributed by atoms with E-state index in [0.717, 1.165) is 43.2 Å². The van der Waals surface area contributed by atoms with Gasteiger partial charge >= 0.3 is 12.1 Å². The third-order valence-corrected chi connectivity index (χ3v) is 9.57. The van der Waals surface area contributed by atoms with Gasteiger partial charge in [-0.25, -0.2) is 9.97 Å². The van der Waals surface area contributed by atoms with Crippen molar-refractivity contribution in [2.45, 2.75) is 63.2 Å². The zero-order chi connectivity index (χ0) is 31.4. The van der Waals surface area contributed by atoms with E-state index < -0.39 is 29.1 Å². The molecule has 1 aromatic carbocycles. The number of hydrogen-bond donors (Lipinski definition) is 3. The summed E-state index contributed by atoms with van der Waals surface area (Å²) in [6, 6.07) is 4.39. The zero-order valence-electron chi connectivity index (χ0n) is 24.7. The Morgan fingerprint density at radius 2 is 1.91 bits per heavy atom. The summed E-state index contributed by atoms with van der Waals surface area (Å²) in [4.78, 5) is 38.2. The zero-order valence-corrected chi connectivity index (χ0v) is 25.5. The van der Waals surface area contributed by atoms with E-state index in [9.17, 15) is 27.9 Å². The van der Waals surface area contributed by atoms with Gasteiger partial charge in [0.25, 0.3) is 5.91 Å². The minimum Gasteiger partial charge on any atom is -0.496 e. The maximum absolute atomic E-state index is 13.9.